The molecule has 6 heteroatoms. The maximum absolute atomic E-state index is 12.0. The number of hydrogen-bond donors (Lipinski definition) is 1. The quantitative estimate of drug-likeness (QED) is 0.660. The van der Waals surface area contributed by atoms with Gasteiger partial charge < -0.3 is 10.2 Å². The summed E-state index contributed by atoms with van der Waals surface area (Å²) in [4.78, 5) is 22.2. The third-order valence-corrected chi connectivity index (χ3v) is 3.85. The van der Waals surface area contributed by atoms with Crippen LogP contribution < -0.4 is 5.32 Å². The molecule has 1 aromatic rings. The van der Waals surface area contributed by atoms with Crippen LogP contribution in [0.5, 0.6) is 0 Å². The molecule has 1 aliphatic heterocycles. The normalized spacial score (nSPS) is 15.3. The maximum atomic E-state index is 12.0. The van der Waals surface area contributed by atoms with Gasteiger partial charge in [-0.1, -0.05) is 0 Å². The minimum Gasteiger partial charge on any atom is -0.369 e. The smallest absolute Gasteiger partial charge is 0.224 e. The Labute approximate surface area is 118 Å². The molecule has 0 spiro atoms. The molecule has 5 nitrogen and oxygen atoms in total. The zero-order chi connectivity index (χ0) is 13.5. The molecule has 2 heterocycles. The molecule has 104 valence electrons. The van der Waals surface area contributed by atoms with Crippen molar-refractivity contribution in [1.82, 2.24) is 14.9 Å². The van der Waals surface area contributed by atoms with E-state index in [1.54, 1.807) is 18.1 Å². The fourth-order valence-corrected chi connectivity index (χ4v) is 2.53. The number of likely N-dealkylation sites (tertiary alicyclic amines) is 1. The van der Waals surface area contributed by atoms with E-state index in [2.05, 4.69) is 15.3 Å². The van der Waals surface area contributed by atoms with Crippen LogP contribution in [0.1, 0.15) is 25.7 Å². The van der Waals surface area contributed by atoms with Crippen LogP contribution in [-0.2, 0) is 4.79 Å². The molecule has 1 saturated heterocycles. The summed E-state index contributed by atoms with van der Waals surface area (Å²) in [6, 6.07) is 1.90. The minimum absolute atomic E-state index is 0.242. The van der Waals surface area contributed by atoms with Crippen molar-refractivity contribution in [2.24, 2.45) is 0 Å². The van der Waals surface area contributed by atoms with Gasteiger partial charge in [-0.15, -0.1) is 11.8 Å². The first-order valence-corrected chi connectivity index (χ1v) is 7.90. The summed E-state index contributed by atoms with van der Waals surface area (Å²) in [6.45, 7) is 2.46. The third-order valence-electron chi connectivity index (χ3n) is 3.20. The van der Waals surface area contributed by atoms with Crippen LogP contribution in [0.4, 0.5) is 5.82 Å². The highest BCUT2D eigenvalue weighted by molar-refractivity contribution is 7.98. The predicted molar refractivity (Wildman–Crippen MR) is 77.4 cm³/mol. The van der Waals surface area contributed by atoms with Crippen molar-refractivity contribution in [1.29, 1.82) is 0 Å². The zero-order valence-corrected chi connectivity index (χ0v) is 12.1. The van der Waals surface area contributed by atoms with Crippen molar-refractivity contribution in [3.05, 3.63) is 12.4 Å². The highest BCUT2D eigenvalue weighted by atomic mass is 32.2. The van der Waals surface area contributed by atoms with Gasteiger partial charge in [-0.3, -0.25) is 4.79 Å². The van der Waals surface area contributed by atoms with E-state index in [0.717, 1.165) is 36.8 Å². The van der Waals surface area contributed by atoms with Crippen molar-refractivity contribution in [3.8, 4) is 0 Å². The number of amides is 1. The Morgan fingerprint density at radius 1 is 1.37 bits per heavy atom. The molecule has 1 fully saturated rings. The van der Waals surface area contributed by atoms with Gasteiger partial charge in [0.05, 0.1) is 0 Å². The van der Waals surface area contributed by atoms with Gasteiger partial charge in [0.15, 0.2) is 0 Å². The minimum atomic E-state index is 0.242. The van der Waals surface area contributed by atoms with Crippen LogP contribution in [0.15, 0.2) is 17.4 Å². The first-order chi connectivity index (χ1) is 9.29. The summed E-state index contributed by atoms with van der Waals surface area (Å²) in [5, 5.41) is 4.11. The maximum Gasteiger partial charge on any atom is 0.224 e. The zero-order valence-electron chi connectivity index (χ0n) is 11.3. The average molecular weight is 280 g/mol. The van der Waals surface area contributed by atoms with Gasteiger partial charge in [0, 0.05) is 32.1 Å². The van der Waals surface area contributed by atoms with Gasteiger partial charge in [0.1, 0.15) is 17.2 Å². The number of hydrogen-bond acceptors (Lipinski definition) is 5. The molecule has 1 amide bonds. The lowest BCUT2D eigenvalue weighted by Crippen LogP contribution is -2.36. The molecule has 1 aromatic heterocycles. The summed E-state index contributed by atoms with van der Waals surface area (Å²) >= 11 is 1.58. The van der Waals surface area contributed by atoms with Crippen molar-refractivity contribution in [2.75, 3.05) is 31.2 Å². The number of piperidine rings is 1. The fourth-order valence-electron chi connectivity index (χ4n) is 2.15. The number of nitrogens with one attached hydrogen (secondary N) is 1. The summed E-state index contributed by atoms with van der Waals surface area (Å²) in [6.07, 6.45) is 7.58. The van der Waals surface area contributed by atoms with E-state index in [0.29, 0.717) is 13.0 Å². The summed E-state index contributed by atoms with van der Waals surface area (Å²) in [5.74, 6) is 1.03. The fraction of sp³-hybridized carbons (Fsp3) is 0.615. The Hall–Kier alpha value is -1.30. The van der Waals surface area contributed by atoms with Gasteiger partial charge in [-0.25, -0.2) is 9.97 Å². The summed E-state index contributed by atoms with van der Waals surface area (Å²) in [7, 11) is 0. The lowest BCUT2D eigenvalue weighted by atomic mass is 10.1. The number of aromatic nitrogens is 2. The van der Waals surface area contributed by atoms with Gasteiger partial charge in [0.25, 0.3) is 0 Å². The molecule has 1 N–H and O–H groups in total. The number of rotatable bonds is 5. The molecular formula is C13H20N4OS. The molecule has 0 radical (unpaired) electrons. The standard InChI is InChI=1S/C13H20N4OS/c1-19-12-9-11(15-10-16-12)14-6-5-13(18)17-7-3-2-4-8-17/h9-10H,2-8H2,1H3,(H,14,15,16). The molecule has 19 heavy (non-hydrogen) atoms. The Bertz CT molecular complexity index is 421. The van der Waals surface area contributed by atoms with Crippen molar-refractivity contribution >= 4 is 23.5 Å². The van der Waals surface area contributed by atoms with Gasteiger partial charge in [-0.05, 0) is 25.5 Å². The van der Waals surface area contributed by atoms with Crippen LogP contribution in [0.2, 0.25) is 0 Å². The number of carbonyl (C=O) groups excluding carboxylic acids is 1. The second-order valence-electron chi connectivity index (χ2n) is 4.56. The highest BCUT2D eigenvalue weighted by Crippen LogP contribution is 2.14. The number of thioether (sulfide) groups is 1. The molecule has 2 rings (SSSR count). The lowest BCUT2D eigenvalue weighted by molar-refractivity contribution is -0.131. The molecule has 0 aliphatic carbocycles. The first kappa shape index (κ1) is 14.1. The molecule has 0 unspecified atom stereocenters. The van der Waals surface area contributed by atoms with E-state index in [1.165, 1.54) is 6.42 Å². The lowest BCUT2D eigenvalue weighted by Gasteiger charge is -2.26. The van der Waals surface area contributed by atoms with E-state index in [1.807, 2.05) is 17.2 Å². The summed E-state index contributed by atoms with van der Waals surface area (Å²) < 4.78 is 0. The molecule has 0 saturated carbocycles. The Morgan fingerprint density at radius 3 is 2.89 bits per heavy atom. The van der Waals surface area contributed by atoms with Crippen LogP contribution in [0.25, 0.3) is 0 Å². The van der Waals surface area contributed by atoms with Crippen LogP contribution in [-0.4, -0.2) is 46.7 Å². The molecular weight excluding hydrogens is 260 g/mol. The second-order valence-corrected chi connectivity index (χ2v) is 5.39. The van der Waals surface area contributed by atoms with E-state index in [4.69, 9.17) is 0 Å². The number of carbonyl (C=O) groups is 1. The van der Waals surface area contributed by atoms with Gasteiger partial charge in [0.2, 0.25) is 5.91 Å². The number of nitrogens with zero attached hydrogens (tertiary/aromatic N) is 3. The second kappa shape index (κ2) is 7.33. The average Bonchev–Trinajstić information content (AvgIpc) is 2.48. The molecule has 1 aliphatic rings. The van der Waals surface area contributed by atoms with Crippen molar-refractivity contribution in [2.45, 2.75) is 30.7 Å². The largest absolute Gasteiger partial charge is 0.369 e. The molecule has 0 bridgehead atoms. The molecule has 0 atom stereocenters. The van der Waals surface area contributed by atoms with E-state index in [9.17, 15) is 4.79 Å². The van der Waals surface area contributed by atoms with E-state index in [-0.39, 0.29) is 5.91 Å². The third kappa shape index (κ3) is 4.38. The van der Waals surface area contributed by atoms with Crippen LogP contribution in [0, 0.1) is 0 Å². The Kier molecular flexibility index (Phi) is 5.44. The van der Waals surface area contributed by atoms with Gasteiger partial charge in [-0.2, -0.15) is 0 Å². The first-order valence-electron chi connectivity index (χ1n) is 6.67. The van der Waals surface area contributed by atoms with E-state index >= 15 is 0 Å². The van der Waals surface area contributed by atoms with Crippen molar-refractivity contribution in [3.63, 3.8) is 0 Å². The van der Waals surface area contributed by atoms with Crippen LogP contribution in [0.3, 0.4) is 0 Å². The Morgan fingerprint density at radius 2 is 2.16 bits per heavy atom. The highest BCUT2D eigenvalue weighted by Gasteiger charge is 2.15. The summed E-state index contributed by atoms with van der Waals surface area (Å²) in [5.41, 5.74) is 0. The number of anilines is 1. The van der Waals surface area contributed by atoms with Crippen molar-refractivity contribution < 1.29 is 4.79 Å². The predicted octanol–water partition coefficient (Wildman–Crippen LogP) is 2.01. The van der Waals surface area contributed by atoms with Gasteiger partial charge >= 0.3 is 0 Å². The SMILES string of the molecule is CSc1cc(NCCC(=O)N2CCCCC2)ncn1. The topological polar surface area (TPSA) is 58.1 Å². The van der Waals surface area contributed by atoms with E-state index < -0.39 is 0 Å². The van der Waals surface area contributed by atoms with Crippen LogP contribution >= 0.6 is 11.8 Å². The monoisotopic (exact) mass is 280 g/mol. The Balaban J connectivity index is 1.74. The molecule has 0 aromatic carbocycles.